The lowest BCUT2D eigenvalue weighted by molar-refractivity contribution is -0.131. The molecule has 1 aromatic rings. The summed E-state index contributed by atoms with van der Waals surface area (Å²) in [5, 5.41) is 3.42. The normalized spacial score (nSPS) is 22.8. The predicted molar refractivity (Wildman–Crippen MR) is 142 cm³/mol. The van der Waals surface area contributed by atoms with Crippen LogP contribution in [0.5, 0.6) is 0 Å². The van der Waals surface area contributed by atoms with E-state index in [9.17, 15) is 4.79 Å². The monoisotopic (exact) mass is 553 g/mol. The standard InChI is InChI=1S/C25H39N5O.HI/c1-2-26-25(30-17-12-23(20-30)28-13-6-7-14-28)27-19-24(31)29-15-10-22(11-16-29)18-21-8-4-3-5-9-21;/h3-5,8-9,22-23H,2,6-7,10-20H2,1H3,(H,26,27);1H. The highest BCUT2D eigenvalue weighted by atomic mass is 127. The van der Waals surface area contributed by atoms with Crippen LogP contribution in [0.15, 0.2) is 35.3 Å². The molecule has 3 saturated heterocycles. The van der Waals surface area contributed by atoms with Gasteiger partial charge >= 0.3 is 0 Å². The maximum atomic E-state index is 12.8. The number of halogens is 1. The van der Waals surface area contributed by atoms with Crippen LogP contribution in [0.25, 0.3) is 0 Å². The molecule has 1 amide bonds. The zero-order valence-electron chi connectivity index (χ0n) is 19.5. The van der Waals surface area contributed by atoms with Crippen molar-refractivity contribution in [1.82, 2.24) is 20.0 Å². The summed E-state index contributed by atoms with van der Waals surface area (Å²) in [6, 6.07) is 11.4. The quantitative estimate of drug-likeness (QED) is 0.334. The SMILES string of the molecule is CCNC(=NCC(=O)N1CCC(Cc2ccccc2)CC1)N1CCC(N2CCCC2)C1.I. The number of piperidine rings is 1. The van der Waals surface area contributed by atoms with E-state index in [1.165, 1.54) is 37.9 Å². The lowest BCUT2D eigenvalue weighted by atomic mass is 9.90. The Morgan fingerprint density at radius 2 is 1.69 bits per heavy atom. The van der Waals surface area contributed by atoms with E-state index >= 15 is 0 Å². The topological polar surface area (TPSA) is 51.2 Å². The lowest BCUT2D eigenvalue weighted by Gasteiger charge is -2.32. The molecule has 0 radical (unpaired) electrons. The number of hydrogen-bond donors (Lipinski definition) is 1. The van der Waals surface area contributed by atoms with Gasteiger partial charge in [0.15, 0.2) is 5.96 Å². The third-order valence-electron chi connectivity index (χ3n) is 7.15. The van der Waals surface area contributed by atoms with Crippen molar-refractivity contribution in [2.24, 2.45) is 10.9 Å². The molecule has 1 atom stereocenters. The molecule has 0 spiro atoms. The van der Waals surface area contributed by atoms with Crippen molar-refractivity contribution in [2.45, 2.75) is 51.5 Å². The second-order valence-electron chi connectivity index (χ2n) is 9.32. The zero-order valence-corrected chi connectivity index (χ0v) is 21.9. The minimum absolute atomic E-state index is 0. The highest BCUT2D eigenvalue weighted by Crippen LogP contribution is 2.22. The Labute approximate surface area is 210 Å². The van der Waals surface area contributed by atoms with E-state index in [1.54, 1.807) is 0 Å². The second-order valence-corrected chi connectivity index (χ2v) is 9.32. The molecule has 0 aliphatic carbocycles. The summed E-state index contributed by atoms with van der Waals surface area (Å²) in [7, 11) is 0. The van der Waals surface area contributed by atoms with Gasteiger partial charge in [0.2, 0.25) is 5.91 Å². The molecule has 0 saturated carbocycles. The minimum atomic E-state index is 0. The molecule has 3 aliphatic rings. The molecule has 3 aliphatic heterocycles. The number of hydrogen-bond acceptors (Lipinski definition) is 3. The number of guanidine groups is 1. The van der Waals surface area contributed by atoms with Crippen LogP contribution in [0.3, 0.4) is 0 Å². The minimum Gasteiger partial charge on any atom is -0.357 e. The fourth-order valence-corrected chi connectivity index (χ4v) is 5.34. The first-order chi connectivity index (χ1) is 15.2. The third kappa shape index (κ3) is 6.83. The molecule has 6 nitrogen and oxygen atoms in total. The van der Waals surface area contributed by atoms with E-state index in [0.29, 0.717) is 12.0 Å². The zero-order chi connectivity index (χ0) is 21.5. The number of benzene rings is 1. The molecule has 1 N–H and O–H groups in total. The van der Waals surface area contributed by atoms with E-state index in [-0.39, 0.29) is 36.4 Å². The molecule has 1 unspecified atom stereocenters. The maximum absolute atomic E-state index is 12.8. The van der Waals surface area contributed by atoms with Crippen molar-refractivity contribution in [1.29, 1.82) is 0 Å². The van der Waals surface area contributed by atoms with Crippen LogP contribution in [0.1, 0.15) is 44.6 Å². The molecule has 4 rings (SSSR count). The largest absolute Gasteiger partial charge is 0.357 e. The van der Waals surface area contributed by atoms with Crippen LogP contribution in [0.4, 0.5) is 0 Å². The Kier molecular flexibility index (Phi) is 10.1. The highest BCUT2D eigenvalue weighted by Gasteiger charge is 2.31. The first kappa shape index (κ1) is 25.3. The van der Waals surface area contributed by atoms with Crippen LogP contribution < -0.4 is 5.32 Å². The molecule has 3 fully saturated rings. The summed E-state index contributed by atoms with van der Waals surface area (Å²) >= 11 is 0. The predicted octanol–water partition coefficient (Wildman–Crippen LogP) is 3.22. The Morgan fingerprint density at radius 1 is 1.00 bits per heavy atom. The molecule has 32 heavy (non-hydrogen) atoms. The van der Waals surface area contributed by atoms with Gasteiger partial charge in [-0.1, -0.05) is 30.3 Å². The first-order valence-electron chi connectivity index (χ1n) is 12.3. The second kappa shape index (κ2) is 12.8. The molecule has 178 valence electrons. The molecule has 7 heteroatoms. The van der Waals surface area contributed by atoms with Gasteiger partial charge in [0.25, 0.3) is 0 Å². The third-order valence-corrected chi connectivity index (χ3v) is 7.15. The number of rotatable bonds is 6. The number of carbonyl (C=O) groups is 1. The van der Waals surface area contributed by atoms with Crippen molar-refractivity contribution in [3.63, 3.8) is 0 Å². The van der Waals surface area contributed by atoms with Crippen molar-refractivity contribution in [3.8, 4) is 0 Å². The van der Waals surface area contributed by atoms with E-state index in [4.69, 9.17) is 4.99 Å². The van der Waals surface area contributed by atoms with Crippen molar-refractivity contribution < 1.29 is 4.79 Å². The van der Waals surface area contributed by atoms with Gasteiger partial charge in [0.1, 0.15) is 6.54 Å². The Hall–Kier alpha value is -1.35. The maximum Gasteiger partial charge on any atom is 0.244 e. The summed E-state index contributed by atoms with van der Waals surface area (Å²) in [4.78, 5) is 24.6. The number of carbonyl (C=O) groups excluding carboxylic acids is 1. The van der Waals surface area contributed by atoms with E-state index in [2.05, 4.69) is 52.4 Å². The van der Waals surface area contributed by atoms with Crippen LogP contribution in [0, 0.1) is 5.92 Å². The van der Waals surface area contributed by atoms with Gasteiger partial charge in [-0.3, -0.25) is 9.69 Å². The van der Waals surface area contributed by atoms with Crippen molar-refractivity contribution >= 4 is 35.8 Å². The molecular weight excluding hydrogens is 513 g/mol. The lowest BCUT2D eigenvalue weighted by Crippen LogP contribution is -2.44. The van der Waals surface area contributed by atoms with Crippen molar-refractivity contribution in [2.75, 3.05) is 52.4 Å². The van der Waals surface area contributed by atoms with Gasteiger partial charge in [-0.15, -0.1) is 24.0 Å². The Balaban J connectivity index is 0.00000289. The molecular formula is C25H40IN5O. The molecule has 0 aromatic heterocycles. The average molecular weight is 554 g/mol. The summed E-state index contributed by atoms with van der Waals surface area (Å²) < 4.78 is 0. The number of likely N-dealkylation sites (tertiary alicyclic amines) is 3. The van der Waals surface area contributed by atoms with Gasteiger partial charge in [-0.25, -0.2) is 4.99 Å². The summed E-state index contributed by atoms with van der Waals surface area (Å²) in [5.41, 5.74) is 1.41. The molecule has 3 heterocycles. The summed E-state index contributed by atoms with van der Waals surface area (Å²) in [6.45, 7) is 9.47. The van der Waals surface area contributed by atoms with Gasteiger partial charge in [0.05, 0.1) is 0 Å². The number of nitrogens with one attached hydrogen (secondary N) is 1. The van der Waals surface area contributed by atoms with Gasteiger partial charge < -0.3 is 15.1 Å². The Morgan fingerprint density at radius 3 is 2.38 bits per heavy atom. The number of amides is 1. The molecule has 0 bridgehead atoms. The average Bonchev–Trinajstić information content (AvgIpc) is 3.50. The van der Waals surface area contributed by atoms with Crippen LogP contribution in [-0.2, 0) is 11.2 Å². The van der Waals surface area contributed by atoms with Gasteiger partial charge in [0, 0.05) is 38.8 Å². The fourth-order valence-electron chi connectivity index (χ4n) is 5.34. The summed E-state index contributed by atoms with van der Waals surface area (Å²) in [6.07, 6.45) is 7.18. The highest BCUT2D eigenvalue weighted by molar-refractivity contribution is 14.0. The number of nitrogens with zero attached hydrogens (tertiary/aromatic N) is 4. The molecule has 1 aromatic carbocycles. The Bertz CT molecular complexity index is 729. The van der Waals surface area contributed by atoms with Crippen LogP contribution in [-0.4, -0.2) is 85.0 Å². The summed E-state index contributed by atoms with van der Waals surface area (Å²) in [5.74, 6) is 1.76. The van der Waals surface area contributed by atoms with Gasteiger partial charge in [-0.05, 0) is 70.0 Å². The van der Waals surface area contributed by atoms with Gasteiger partial charge in [-0.2, -0.15) is 0 Å². The van der Waals surface area contributed by atoms with E-state index < -0.39 is 0 Å². The van der Waals surface area contributed by atoms with E-state index in [0.717, 1.165) is 57.9 Å². The van der Waals surface area contributed by atoms with Crippen molar-refractivity contribution in [3.05, 3.63) is 35.9 Å². The van der Waals surface area contributed by atoms with Crippen LogP contribution in [0.2, 0.25) is 0 Å². The van der Waals surface area contributed by atoms with E-state index in [1.807, 2.05) is 4.90 Å². The van der Waals surface area contributed by atoms with Crippen LogP contribution >= 0.6 is 24.0 Å². The first-order valence-corrected chi connectivity index (χ1v) is 12.3. The fraction of sp³-hybridized carbons (Fsp3) is 0.680. The number of aliphatic imine (C=N–C) groups is 1. The smallest absolute Gasteiger partial charge is 0.244 e.